The number of carbonyl (C=O) groups is 3. The van der Waals surface area contributed by atoms with E-state index in [9.17, 15) is 14.4 Å². The molecule has 1 heterocycles. The molecule has 33 heavy (non-hydrogen) atoms. The molecule has 168 valence electrons. The minimum absolute atomic E-state index is 0.0123. The molecule has 3 aromatic carbocycles. The Labute approximate surface area is 208 Å². The Hall–Kier alpha value is -2.97. The van der Waals surface area contributed by atoms with Crippen LogP contribution in [0.1, 0.15) is 39.1 Å². The van der Waals surface area contributed by atoms with E-state index in [1.165, 1.54) is 0 Å². The van der Waals surface area contributed by atoms with E-state index < -0.39 is 0 Å². The second-order valence-electron chi connectivity index (χ2n) is 7.76. The van der Waals surface area contributed by atoms with Crippen LogP contribution >= 0.6 is 31.9 Å². The Morgan fingerprint density at radius 3 is 1.94 bits per heavy atom. The summed E-state index contributed by atoms with van der Waals surface area (Å²) in [5, 5.41) is 5.85. The molecular weight excluding hydrogens is 550 g/mol. The standard InChI is InChI=1S/C25H21Br2N3O3/c1-15-11-22(30-10-4-9-23(30)31)21(29-25(33)17-6-3-8-19(27)13-17)14-20(15)28-24(32)16-5-2-7-18(26)12-16/h2-3,5-8,11-14H,4,9-10H2,1H3,(H,28,32)(H,29,33). The number of benzene rings is 3. The predicted molar refractivity (Wildman–Crippen MR) is 137 cm³/mol. The van der Waals surface area contributed by atoms with Gasteiger partial charge in [-0.15, -0.1) is 0 Å². The van der Waals surface area contributed by atoms with Crippen molar-refractivity contribution in [3.05, 3.63) is 86.3 Å². The minimum Gasteiger partial charge on any atom is -0.322 e. The van der Waals surface area contributed by atoms with Gasteiger partial charge in [0.15, 0.2) is 0 Å². The number of hydrogen-bond acceptors (Lipinski definition) is 3. The number of aryl methyl sites for hydroxylation is 1. The number of nitrogens with one attached hydrogen (secondary N) is 2. The van der Waals surface area contributed by atoms with Crippen LogP contribution in [0.15, 0.2) is 69.6 Å². The van der Waals surface area contributed by atoms with Crippen molar-refractivity contribution < 1.29 is 14.4 Å². The highest BCUT2D eigenvalue weighted by molar-refractivity contribution is 9.10. The molecule has 8 heteroatoms. The van der Waals surface area contributed by atoms with Crippen LogP contribution in [-0.4, -0.2) is 24.3 Å². The first-order valence-electron chi connectivity index (χ1n) is 10.4. The van der Waals surface area contributed by atoms with Crippen molar-refractivity contribution in [3.63, 3.8) is 0 Å². The van der Waals surface area contributed by atoms with Gasteiger partial charge in [-0.3, -0.25) is 14.4 Å². The quantitative estimate of drug-likeness (QED) is 0.386. The van der Waals surface area contributed by atoms with Crippen molar-refractivity contribution in [2.45, 2.75) is 19.8 Å². The number of nitrogens with zero attached hydrogens (tertiary/aromatic N) is 1. The first-order chi connectivity index (χ1) is 15.8. The molecule has 0 bridgehead atoms. The topological polar surface area (TPSA) is 78.5 Å². The first-order valence-corrected chi connectivity index (χ1v) is 12.0. The fourth-order valence-corrected chi connectivity index (χ4v) is 4.50. The Bertz CT molecular complexity index is 1260. The van der Waals surface area contributed by atoms with Gasteiger partial charge in [0.05, 0.1) is 11.4 Å². The highest BCUT2D eigenvalue weighted by Gasteiger charge is 2.26. The van der Waals surface area contributed by atoms with Gasteiger partial charge in [0.2, 0.25) is 5.91 Å². The molecule has 0 aliphatic carbocycles. The third kappa shape index (κ3) is 5.34. The van der Waals surface area contributed by atoms with E-state index in [4.69, 9.17) is 0 Å². The normalized spacial score (nSPS) is 13.2. The summed E-state index contributed by atoms with van der Waals surface area (Å²) >= 11 is 6.76. The minimum atomic E-state index is -0.308. The summed E-state index contributed by atoms with van der Waals surface area (Å²) in [4.78, 5) is 39.9. The average Bonchev–Trinajstić information content (AvgIpc) is 3.21. The highest BCUT2D eigenvalue weighted by atomic mass is 79.9. The molecular formula is C25H21Br2N3O3. The maximum absolute atomic E-state index is 13.0. The molecule has 0 atom stereocenters. The summed E-state index contributed by atoms with van der Waals surface area (Å²) < 4.78 is 1.59. The average molecular weight is 571 g/mol. The summed E-state index contributed by atoms with van der Waals surface area (Å²) in [5.41, 5.74) is 3.41. The molecule has 6 nitrogen and oxygen atoms in total. The van der Waals surface area contributed by atoms with Gasteiger partial charge in [-0.05, 0) is 67.4 Å². The Morgan fingerprint density at radius 1 is 0.848 bits per heavy atom. The lowest BCUT2D eigenvalue weighted by atomic mass is 10.1. The van der Waals surface area contributed by atoms with Crippen LogP contribution in [0.25, 0.3) is 0 Å². The SMILES string of the molecule is Cc1cc(N2CCCC2=O)c(NC(=O)c2cccc(Br)c2)cc1NC(=O)c1cccc(Br)c1. The largest absolute Gasteiger partial charge is 0.322 e. The van der Waals surface area contributed by atoms with Gasteiger partial charge in [-0.2, -0.15) is 0 Å². The second kappa shape index (κ2) is 9.89. The zero-order valence-electron chi connectivity index (χ0n) is 17.8. The van der Waals surface area contributed by atoms with Crippen LogP contribution < -0.4 is 15.5 Å². The lowest BCUT2D eigenvalue weighted by Crippen LogP contribution is -2.26. The molecule has 0 radical (unpaired) electrons. The lowest BCUT2D eigenvalue weighted by Gasteiger charge is -2.22. The van der Waals surface area contributed by atoms with Gasteiger partial charge in [-0.1, -0.05) is 44.0 Å². The lowest BCUT2D eigenvalue weighted by molar-refractivity contribution is -0.117. The highest BCUT2D eigenvalue weighted by Crippen LogP contribution is 2.35. The van der Waals surface area contributed by atoms with Crippen LogP contribution in [0.4, 0.5) is 17.1 Å². The van der Waals surface area contributed by atoms with Gasteiger partial charge in [0, 0.05) is 38.7 Å². The van der Waals surface area contributed by atoms with Crippen LogP contribution in [-0.2, 0) is 4.79 Å². The Kier molecular flexibility index (Phi) is 6.95. The number of rotatable bonds is 5. The van der Waals surface area contributed by atoms with Gasteiger partial charge in [0.1, 0.15) is 0 Å². The molecule has 0 saturated carbocycles. The van der Waals surface area contributed by atoms with E-state index in [-0.39, 0.29) is 17.7 Å². The van der Waals surface area contributed by atoms with Crippen LogP contribution in [0.3, 0.4) is 0 Å². The van der Waals surface area contributed by atoms with Crippen molar-refractivity contribution in [3.8, 4) is 0 Å². The molecule has 1 aliphatic rings. The Morgan fingerprint density at radius 2 is 1.42 bits per heavy atom. The van der Waals surface area contributed by atoms with E-state index in [1.807, 2.05) is 25.1 Å². The molecule has 1 fully saturated rings. The Balaban J connectivity index is 1.69. The molecule has 2 N–H and O–H groups in total. The molecule has 3 aromatic rings. The maximum Gasteiger partial charge on any atom is 0.255 e. The van der Waals surface area contributed by atoms with E-state index in [0.717, 1.165) is 20.9 Å². The van der Waals surface area contributed by atoms with E-state index >= 15 is 0 Å². The number of anilines is 3. The van der Waals surface area contributed by atoms with Crippen molar-refractivity contribution in [1.29, 1.82) is 0 Å². The summed E-state index contributed by atoms with van der Waals surface area (Å²) in [6, 6.07) is 17.7. The molecule has 3 amide bonds. The van der Waals surface area contributed by atoms with E-state index in [0.29, 0.717) is 41.2 Å². The van der Waals surface area contributed by atoms with Crippen molar-refractivity contribution in [1.82, 2.24) is 0 Å². The van der Waals surface area contributed by atoms with Crippen LogP contribution in [0.2, 0.25) is 0 Å². The van der Waals surface area contributed by atoms with Crippen molar-refractivity contribution in [2.24, 2.45) is 0 Å². The van der Waals surface area contributed by atoms with E-state index in [1.54, 1.807) is 47.4 Å². The van der Waals surface area contributed by atoms with Crippen molar-refractivity contribution in [2.75, 3.05) is 22.1 Å². The summed E-state index contributed by atoms with van der Waals surface area (Å²) in [6.45, 7) is 2.45. The van der Waals surface area contributed by atoms with Gasteiger partial charge >= 0.3 is 0 Å². The summed E-state index contributed by atoms with van der Waals surface area (Å²) in [6.07, 6.45) is 1.23. The molecule has 1 saturated heterocycles. The molecule has 0 spiro atoms. The predicted octanol–water partition coefficient (Wildman–Crippen LogP) is 6.15. The van der Waals surface area contributed by atoms with Crippen molar-refractivity contribution >= 4 is 66.6 Å². The number of halogens is 2. The number of carbonyl (C=O) groups excluding carboxylic acids is 3. The third-order valence-electron chi connectivity index (χ3n) is 5.38. The van der Waals surface area contributed by atoms with Crippen LogP contribution in [0, 0.1) is 6.92 Å². The summed E-state index contributed by atoms with van der Waals surface area (Å²) in [5.74, 6) is -0.566. The summed E-state index contributed by atoms with van der Waals surface area (Å²) in [7, 11) is 0. The van der Waals surface area contributed by atoms with Gasteiger partial charge in [-0.25, -0.2) is 0 Å². The third-order valence-corrected chi connectivity index (χ3v) is 6.36. The fraction of sp³-hybridized carbons (Fsp3) is 0.160. The maximum atomic E-state index is 13.0. The zero-order valence-corrected chi connectivity index (χ0v) is 21.0. The molecule has 1 aliphatic heterocycles. The number of hydrogen-bond donors (Lipinski definition) is 2. The molecule has 0 aromatic heterocycles. The fourth-order valence-electron chi connectivity index (χ4n) is 3.70. The molecule has 0 unspecified atom stereocenters. The first kappa shape index (κ1) is 23.2. The second-order valence-corrected chi connectivity index (χ2v) is 9.59. The van der Waals surface area contributed by atoms with Gasteiger partial charge in [0.25, 0.3) is 11.8 Å². The molecule has 4 rings (SSSR count). The number of amides is 3. The van der Waals surface area contributed by atoms with E-state index in [2.05, 4.69) is 42.5 Å². The van der Waals surface area contributed by atoms with Gasteiger partial charge < -0.3 is 15.5 Å². The monoisotopic (exact) mass is 569 g/mol. The van der Waals surface area contributed by atoms with Crippen LogP contribution in [0.5, 0.6) is 0 Å². The zero-order chi connectivity index (χ0) is 23.5. The smallest absolute Gasteiger partial charge is 0.255 e.